The summed E-state index contributed by atoms with van der Waals surface area (Å²) in [5.74, 6) is 1.43. The van der Waals surface area contributed by atoms with Gasteiger partial charge in [0.1, 0.15) is 17.2 Å². The molecule has 7 heteroatoms. The fourth-order valence-electron chi connectivity index (χ4n) is 3.18. The predicted molar refractivity (Wildman–Crippen MR) is 109 cm³/mol. The van der Waals surface area contributed by atoms with Gasteiger partial charge in [-0.2, -0.15) is 0 Å². The van der Waals surface area contributed by atoms with E-state index < -0.39 is 5.63 Å². The van der Waals surface area contributed by atoms with Crippen molar-refractivity contribution in [3.63, 3.8) is 0 Å². The molecule has 2 heterocycles. The molecule has 6 nitrogen and oxygen atoms in total. The Hall–Kier alpha value is -3.06. The van der Waals surface area contributed by atoms with E-state index in [0.717, 1.165) is 33.2 Å². The molecule has 0 unspecified atom stereocenters. The number of fused-ring (bicyclic) bond motifs is 1. The zero-order valence-electron chi connectivity index (χ0n) is 15.8. The van der Waals surface area contributed by atoms with Crippen molar-refractivity contribution in [2.24, 2.45) is 0 Å². The summed E-state index contributed by atoms with van der Waals surface area (Å²) in [5, 5.41) is 20.0. The summed E-state index contributed by atoms with van der Waals surface area (Å²) in [6, 6.07) is 13.0. The van der Waals surface area contributed by atoms with Gasteiger partial charge < -0.3 is 9.52 Å². The van der Waals surface area contributed by atoms with E-state index in [0.29, 0.717) is 16.9 Å². The average molecular weight is 393 g/mol. The van der Waals surface area contributed by atoms with Crippen molar-refractivity contribution in [1.82, 2.24) is 14.8 Å². The van der Waals surface area contributed by atoms with Gasteiger partial charge in [0.25, 0.3) is 0 Å². The number of benzene rings is 2. The highest BCUT2D eigenvalue weighted by Gasteiger charge is 2.15. The highest BCUT2D eigenvalue weighted by Crippen LogP contribution is 2.31. The minimum atomic E-state index is -0.437. The molecule has 2 aromatic carbocycles. The van der Waals surface area contributed by atoms with E-state index in [4.69, 9.17) is 4.42 Å². The van der Waals surface area contributed by atoms with Crippen LogP contribution in [-0.4, -0.2) is 19.9 Å². The molecular formula is C21H19N3O3S. The molecule has 0 spiro atoms. The molecule has 0 aliphatic heterocycles. The average Bonchev–Trinajstić information content (AvgIpc) is 3.03. The normalized spacial score (nSPS) is 11.2. The number of rotatable bonds is 4. The molecule has 2 aromatic heterocycles. The van der Waals surface area contributed by atoms with E-state index in [1.165, 1.54) is 17.8 Å². The molecule has 0 aliphatic carbocycles. The Labute approximate surface area is 165 Å². The van der Waals surface area contributed by atoms with Crippen LogP contribution in [0.25, 0.3) is 16.7 Å². The summed E-state index contributed by atoms with van der Waals surface area (Å²) in [5.41, 5.74) is 3.52. The summed E-state index contributed by atoms with van der Waals surface area (Å²) in [6.07, 6.45) is 0. The number of phenolic OH excluding ortho intramolecular Hbond substituents is 1. The van der Waals surface area contributed by atoms with Crippen molar-refractivity contribution in [3.05, 3.63) is 75.4 Å². The number of thioether (sulfide) groups is 1. The summed E-state index contributed by atoms with van der Waals surface area (Å²) in [6.45, 7) is 5.69. The lowest BCUT2D eigenvalue weighted by atomic mass is 10.1. The Morgan fingerprint density at radius 2 is 1.93 bits per heavy atom. The molecule has 4 aromatic rings. The molecule has 0 fully saturated rings. The van der Waals surface area contributed by atoms with Crippen molar-refractivity contribution in [1.29, 1.82) is 0 Å². The van der Waals surface area contributed by atoms with Gasteiger partial charge in [-0.15, -0.1) is 10.2 Å². The van der Waals surface area contributed by atoms with Gasteiger partial charge in [0.05, 0.1) is 0 Å². The third-order valence-corrected chi connectivity index (χ3v) is 5.61. The van der Waals surface area contributed by atoms with Crippen LogP contribution < -0.4 is 5.63 Å². The van der Waals surface area contributed by atoms with Crippen LogP contribution in [0.3, 0.4) is 0 Å². The van der Waals surface area contributed by atoms with Crippen LogP contribution in [0, 0.1) is 20.8 Å². The minimum Gasteiger partial charge on any atom is -0.508 e. The molecule has 0 saturated heterocycles. The lowest BCUT2D eigenvalue weighted by molar-refractivity contribution is 0.468. The maximum absolute atomic E-state index is 12.0. The Balaban J connectivity index is 1.72. The number of aromatic nitrogens is 3. The maximum atomic E-state index is 12.0. The van der Waals surface area contributed by atoms with Gasteiger partial charge in [0.2, 0.25) is 0 Å². The van der Waals surface area contributed by atoms with E-state index >= 15 is 0 Å². The zero-order valence-corrected chi connectivity index (χ0v) is 16.6. The third kappa shape index (κ3) is 3.29. The number of aromatic hydroxyl groups is 1. The molecule has 142 valence electrons. The van der Waals surface area contributed by atoms with Gasteiger partial charge in [-0.05, 0) is 56.2 Å². The van der Waals surface area contributed by atoms with Crippen molar-refractivity contribution in [3.8, 4) is 11.4 Å². The van der Waals surface area contributed by atoms with Gasteiger partial charge in [0, 0.05) is 28.5 Å². The number of hydrogen-bond acceptors (Lipinski definition) is 6. The lowest BCUT2D eigenvalue weighted by Crippen LogP contribution is -2.02. The topological polar surface area (TPSA) is 81.2 Å². The monoisotopic (exact) mass is 393 g/mol. The van der Waals surface area contributed by atoms with E-state index in [-0.39, 0.29) is 5.75 Å². The number of hydrogen-bond donors (Lipinski definition) is 1. The van der Waals surface area contributed by atoms with Gasteiger partial charge >= 0.3 is 5.63 Å². The zero-order chi connectivity index (χ0) is 19.8. The Morgan fingerprint density at radius 1 is 1.11 bits per heavy atom. The standard InChI is InChI=1S/C21H19N3O3S/c1-12-5-4-6-16(9-12)24-14(3)22-23-21(24)28-11-15-10-19(26)27-20-13(2)18(25)8-7-17(15)20/h4-10,25H,11H2,1-3H3. The van der Waals surface area contributed by atoms with Gasteiger partial charge in [0.15, 0.2) is 5.16 Å². The molecule has 1 N–H and O–H groups in total. The summed E-state index contributed by atoms with van der Waals surface area (Å²) in [7, 11) is 0. The second kappa shape index (κ2) is 7.16. The second-order valence-electron chi connectivity index (χ2n) is 6.67. The molecule has 4 rings (SSSR count). The molecule has 0 aliphatic rings. The highest BCUT2D eigenvalue weighted by molar-refractivity contribution is 7.98. The second-order valence-corrected chi connectivity index (χ2v) is 7.61. The first-order valence-electron chi connectivity index (χ1n) is 8.81. The van der Waals surface area contributed by atoms with Gasteiger partial charge in [-0.3, -0.25) is 4.57 Å². The first-order chi connectivity index (χ1) is 13.4. The van der Waals surface area contributed by atoms with E-state index in [1.807, 2.05) is 36.6 Å². The van der Waals surface area contributed by atoms with Crippen LogP contribution in [0.5, 0.6) is 5.75 Å². The summed E-state index contributed by atoms with van der Waals surface area (Å²) < 4.78 is 7.32. The van der Waals surface area contributed by atoms with Crippen LogP contribution in [-0.2, 0) is 5.75 Å². The van der Waals surface area contributed by atoms with E-state index in [2.05, 4.69) is 16.3 Å². The van der Waals surface area contributed by atoms with E-state index in [9.17, 15) is 9.90 Å². The fourth-order valence-corrected chi connectivity index (χ4v) is 4.17. The molecule has 28 heavy (non-hydrogen) atoms. The first-order valence-corrected chi connectivity index (χ1v) is 9.80. The van der Waals surface area contributed by atoms with Crippen LogP contribution >= 0.6 is 11.8 Å². The molecule has 0 atom stereocenters. The largest absolute Gasteiger partial charge is 0.508 e. The molecule has 0 amide bonds. The van der Waals surface area contributed by atoms with Crippen molar-refractivity contribution in [2.75, 3.05) is 0 Å². The predicted octanol–water partition coefficient (Wildman–Crippen LogP) is 4.30. The smallest absolute Gasteiger partial charge is 0.336 e. The van der Waals surface area contributed by atoms with Crippen LogP contribution in [0.2, 0.25) is 0 Å². The number of nitrogens with zero attached hydrogens (tertiary/aromatic N) is 3. The first kappa shape index (κ1) is 18.3. The molecule has 0 saturated carbocycles. The Morgan fingerprint density at radius 3 is 2.71 bits per heavy atom. The molecular weight excluding hydrogens is 374 g/mol. The fraction of sp³-hybridized carbons (Fsp3) is 0.190. The van der Waals surface area contributed by atoms with Crippen LogP contribution in [0.15, 0.2) is 56.8 Å². The summed E-state index contributed by atoms with van der Waals surface area (Å²) >= 11 is 1.50. The van der Waals surface area contributed by atoms with Crippen molar-refractivity contribution < 1.29 is 9.52 Å². The van der Waals surface area contributed by atoms with E-state index in [1.54, 1.807) is 19.1 Å². The van der Waals surface area contributed by atoms with Crippen molar-refractivity contribution >= 4 is 22.7 Å². The summed E-state index contributed by atoms with van der Waals surface area (Å²) in [4.78, 5) is 12.0. The SMILES string of the molecule is Cc1cccc(-n2c(C)nnc2SCc2cc(=O)oc3c(C)c(O)ccc23)c1. The number of phenols is 1. The third-order valence-electron chi connectivity index (χ3n) is 4.63. The van der Waals surface area contributed by atoms with Crippen molar-refractivity contribution in [2.45, 2.75) is 31.7 Å². The maximum Gasteiger partial charge on any atom is 0.336 e. The lowest BCUT2D eigenvalue weighted by Gasteiger charge is -2.10. The quantitative estimate of drug-likeness (QED) is 0.411. The van der Waals surface area contributed by atoms with Crippen LogP contribution in [0.1, 0.15) is 22.5 Å². The Bertz CT molecular complexity index is 1240. The number of aryl methyl sites for hydroxylation is 3. The minimum absolute atomic E-state index is 0.107. The molecule has 0 bridgehead atoms. The van der Waals surface area contributed by atoms with Gasteiger partial charge in [-0.25, -0.2) is 4.79 Å². The highest BCUT2D eigenvalue weighted by atomic mass is 32.2. The Kier molecular flexibility index (Phi) is 4.68. The van der Waals surface area contributed by atoms with Gasteiger partial charge in [-0.1, -0.05) is 23.9 Å². The van der Waals surface area contributed by atoms with Crippen LogP contribution in [0.4, 0.5) is 0 Å². The molecule has 0 radical (unpaired) electrons.